The van der Waals surface area contributed by atoms with Gasteiger partial charge in [-0.15, -0.1) is 0 Å². The van der Waals surface area contributed by atoms with E-state index in [9.17, 15) is 0 Å². The molecular weight excluding hydrogens is 266 g/mol. The number of aromatic nitrogens is 1. The van der Waals surface area contributed by atoms with E-state index in [2.05, 4.69) is 10.1 Å². The number of nitrogen functional groups attached to an aromatic ring is 1. The molecule has 1 aromatic carbocycles. The molecule has 1 aromatic heterocycles. The monoisotopic (exact) mass is 279 g/mol. The summed E-state index contributed by atoms with van der Waals surface area (Å²) in [6.07, 6.45) is 1.59. The van der Waals surface area contributed by atoms with Gasteiger partial charge in [0.25, 0.3) is 0 Å². The van der Waals surface area contributed by atoms with E-state index in [0.29, 0.717) is 10.9 Å². The molecule has 0 spiro atoms. The number of hydrogen-bond donors (Lipinski definition) is 1. The number of morpholine rings is 1. The van der Waals surface area contributed by atoms with Crippen LogP contribution < -0.4 is 10.6 Å². The van der Waals surface area contributed by atoms with Crippen LogP contribution in [-0.2, 0) is 4.74 Å². The fraction of sp³-hybridized carbons (Fsp3) is 0.308. The fourth-order valence-corrected chi connectivity index (χ4v) is 2.50. The second-order valence-electron chi connectivity index (χ2n) is 4.37. The molecule has 0 saturated carbocycles. The predicted molar refractivity (Wildman–Crippen MR) is 74.4 cm³/mol. The summed E-state index contributed by atoms with van der Waals surface area (Å²) in [5, 5.41) is 4.36. The lowest BCUT2D eigenvalue weighted by atomic mass is 10.1. The Hall–Kier alpha value is -1.72. The van der Waals surface area contributed by atoms with Crippen molar-refractivity contribution in [1.82, 2.24) is 5.16 Å². The molecule has 2 heterocycles. The van der Waals surface area contributed by atoms with Gasteiger partial charge in [0.15, 0.2) is 0 Å². The molecule has 3 rings (SSSR count). The molecule has 2 N–H and O–H groups in total. The lowest BCUT2D eigenvalue weighted by Gasteiger charge is -2.29. The first-order valence-corrected chi connectivity index (χ1v) is 6.46. The molecule has 1 aliphatic heterocycles. The lowest BCUT2D eigenvalue weighted by Crippen LogP contribution is -2.36. The van der Waals surface area contributed by atoms with Crippen LogP contribution in [0.4, 0.5) is 11.6 Å². The minimum absolute atomic E-state index is 0.301. The first-order chi connectivity index (χ1) is 9.25. The normalized spacial score (nSPS) is 15.7. The third-order valence-corrected chi connectivity index (χ3v) is 3.51. The van der Waals surface area contributed by atoms with Crippen molar-refractivity contribution in [2.45, 2.75) is 0 Å². The summed E-state index contributed by atoms with van der Waals surface area (Å²) in [5.74, 6) is 0.301. The highest BCUT2D eigenvalue weighted by Gasteiger charge is 2.15. The largest absolute Gasteiger partial charge is 0.378 e. The van der Waals surface area contributed by atoms with Crippen LogP contribution in [0.15, 0.2) is 28.9 Å². The van der Waals surface area contributed by atoms with Crippen LogP contribution in [0.1, 0.15) is 0 Å². The van der Waals surface area contributed by atoms with Gasteiger partial charge in [0.2, 0.25) is 5.88 Å². The van der Waals surface area contributed by atoms with Gasteiger partial charge in [0.1, 0.15) is 0 Å². The summed E-state index contributed by atoms with van der Waals surface area (Å²) in [7, 11) is 0. The Labute approximate surface area is 115 Å². The number of benzene rings is 1. The molecule has 100 valence electrons. The van der Waals surface area contributed by atoms with Gasteiger partial charge in [0, 0.05) is 13.1 Å². The number of nitrogens with two attached hydrogens (primary N) is 1. The Morgan fingerprint density at radius 2 is 2.05 bits per heavy atom. The molecular formula is C13H14ClN3O2. The van der Waals surface area contributed by atoms with Crippen LogP contribution >= 0.6 is 11.6 Å². The standard InChI is InChI=1S/C13H14ClN3O2/c14-11-7-9(10-8-16-19-13(10)15)1-2-12(11)17-3-5-18-6-4-17/h1-2,7-8H,3-6,15H2. The first-order valence-electron chi connectivity index (χ1n) is 6.08. The summed E-state index contributed by atoms with van der Waals surface area (Å²) < 4.78 is 10.2. The quantitative estimate of drug-likeness (QED) is 0.914. The SMILES string of the molecule is Nc1oncc1-c1ccc(N2CCOCC2)c(Cl)c1. The van der Waals surface area contributed by atoms with Crippen molar-refractivity contribution >= 4 is 23.2 Å². The van der Waals surface area contributed by atoms with E-state index in [1.807, 2.05) is 18.2 Å². The fourth-order valence-electron chi connectivity index (χ4n) is 2.20. The van der Waals surface area contributed by atoms with Crippen LogP contribution in [0.25, 0.3) is 11.1 Å². The molecule has 0 unspecified atom stereocenters. The van der Waals surface area contributed by atoms with Crippen LogP contribution in [-0.4, -0.2) is 31.5 Å². The van der Waals surface area contributed by atoms with Crippen LogP contribution in [0.2, 0.25) is 5.02 Å². The summed E-state index contributed by atoms with van der Waals surface area (Å²) in [4.78, 5) is 2.21. The van der Waals surface area contributed by atoms with Gasteiger partial charge in [-0.1, -0.05) is 22.8 Å². The van der Waals surface area contributed by atoms with Crippen molar-refractivity contribution in [3.05, 3.63) is 29.4 Å². The minimum atomic E-state index is 0.301. The van der Waals surface area contributed by atoms with Crippen molar-refractivity contribution in [2.24, 2.45) is 0 Å². The molecule has 6 heteroatoms. The van der Waals surface area contributed by atoms with E-state index in [4.69, 9.17) is 26.6 Å². The summed E-state index contributed by atoms with van der Waals surface area (Å²) in [6, 6.07) is 5.85. The zero-order valence-electron chi connectivity index (χ0n) is 10.3. The molecule has 0 amide bonds. The highest BCUT2D eigenvalue weighted by atomic mass is 35.5. The van der Waals surface area contributed by atoms with Crippen molar-refractivity contribution < 1.29 is 9.26 Å². The van der Waals surface area contributed by atoms with Crippen LogP contribution in [0.3, 0.4) is 0 Å². The molecule has 5 nitrogen and oxygen atoms in total. The highest BCUT2D eigenvalue weighted by Crippen LogP contribution is 2.33. The molecule has 1 saturated heterocycles. The second kappa shape index (κ2) is 5.11. The van der Waals surface area contributed by atoms with Crippen molar-refractivity contribution in [3.63, 3.8) is 0 Å². The van der Waals surface area contributed by atoms with E-state index in [1.54, 1.807) is 6.20 Å². The van der Waals surface area contributed by atoms with Crippen LogP contribution in [0, 0.1) is 0 Å². The second-order valence-corrected chi connectivity index (χ2v) is 4.78. The number of hydrogen-bond acceptors (Lipinski definition) is 5. The average Bonchev–Trinajstić information content (AvgIpc) is 2.86. The lowest BCUT2D eigenvalue weighted by molar-refractivity contribution is 0.122. The average molecular weight is 280 g/mol. The van der Waals surface area contributed by atoms with Gasteiger partial charge in [0.05, 0.1) is 35.7 Å². The van der Waals surface area contributed by atoms with Crippen molar-refractivity contribution in [2.75, 3.05) is 36.9 Å². The van der Waals surface area contributed by atoms with Crippen LogP contribution in [0.5, 0.6) is 0 Å². The number of anilines is 2. The van der Waals surface area contributed by atoms with Gasteiger partial charge < -0.3 is 19.9 Å². The van der Waals surface area contributed by atoms with E-state index < -0.39 is 0 Å². The zero-order chi connectivity index (χ0) is 13.2. The molecule has 0 radical (unpaired) electrons. The van der Waals surface area contributed by atoms with E-state index >= 15 is 0 Å². The third-order valence-electron chi connectivity index (χ3n) is 3.21. The van der Waals surface area contributed by atoms with Gasteiger partial charge >= 0.3 is 0 Å². The Bertz CT molecular complexity index is 579. The minimum Gasteiger partial charge on any atom is -0.378 e. The Balaban J connectivity index is 1.91. The predicted octanol–water partition coefficient (Wildman–Crippen LogP) is 2.41. The Morgan fingerprint density at radius 3 is 2.68 bits per heavy atom. The smallest absolute Gasteiger partial charge is 0.229 e. The van der Waals surface area contributed by atoms with E-state index in [1.165, 1.54) is 0 Å². The maximum absolute atomic E-state index is 6.36. The summed E-state index contributed by atoms with van der Waals surface area (Å²) in [6.45, 7) is 3.18. The molecule has 1 fully saturated rings. The maximum Gasteiger partial charge on any atom is 0.229 e. The third kappa shape index (κ3) is 2.39. The van der Waals surface area contributed by atoms with E-state index in [-0.39, 0.29) is 0 Å². The van der Waals surface area contributed by atoms with Crippen molar-refractivity contribution in [3.8, 4) is 11.1 Å². The molecule has 0 aliphatic carbocycles. The Morgan fingerprint density at radius 1 is 1.26 bits per heavy atom. The number of nitrogens with zero attached hydrogens (tertiary/aromatic N) is 2. The van der Waals surface area contributed by atoms with Gasteiger partial charge in [-0.2, -0.15) is 0 Å². The summed E-state index contributed by atoms with van der Waals surface area (Å²) in [5.41, 5.74) is 8.38. The molecule has 0 bridgehead atoms. The molecule has 2 aromatic rings. The Kier molecular flexibility index (Phi) is 3.31. The van der Waals surface area contributed by atoms with Gasteiger partial charge in [-0.05, 0) is 17.7 Å². The van der Waals surface area contributed by atoms with E-state index in [0.717, 1.165) is 43.1 Å². The maximum atomic E-state index is 6.36. The van der Waals surface area contributed by atoms with Gasteiger partial charge in [-0.25, -0.2) is 0 Å². The van der Waals surface area contributed by atoms with Gasteiger partial charge in [-0.3, -0.25) is 0 Å². The topological polar surface area (TPSA) is 64.5 Å². The number of halogens is 1. The number of rotatable bonds is 2. The highest BCUT2D eigenvalue weighted by molar-refractivity contribution is 6.33. The number of ether oxygens (including phenoxy) is 1. The van der Waals surface area contributed by atoms with Crippen molar-refractivity contribution in [1.29, 1.82) is 0 Å². The molecule has 0 atom stereocenters. The first kappa shape index (κ1) is 12.3. The summed E-state index contributed by atoms with van der Waals surface area (Å²) >= 11 is 6.36. The molecule has 1 aliphatic rings. The zero-order valence-corrected chi connectivity index (χ0v) is 11.1. The molecule has 19 heavy (non-hydrogen) atoms.